The number of rotatable bonds is 8. The summed E-state index contributed by atoms with van der Waals surface area (Å²) in [6, 6.07) is 16.4. The molecule has 0 unspecified atom stereocenters. The smallest absolute Gasteiger partial charge is 0.242 e. The van der Waals surface area contributed by atoms with Gasteiger partial charge in [-0.2, -0.15) is 0 Å². The van der Waals surface area contributed by atoms with E-state index in [2.05, 4.69) is 5.32 Å². The number of hydrogen-bond acceptors (Lipinski definition) is 2. The summed E-state index contributed by atoms with van der Waals surface area (Å²) < 4.78 is 0. The molecular weight excluding hydrogens is 348 g/mol. The monoisotopic (exact) mass is 372 g/mol. The van der Waals surface area contributed by atoms with Crippen molar-refractivity contribution in [2.75, 3.05) is 6.54 Å². The van der Waals surface area contributed by atoms with Gasteiger partial charge in [-0.15, -0.1) is 0 Å². The maximum atomic E-state index is 12.9. The molecule has 0 aromatic heterocycles. The van der Waals surface area contributed by atoms with E-state index in [1.807, 2.05) is 55.5 Å². The summed E-state index contributed by atoms with van der Waals surface area (Å²) in [4.78, 5) is 27.0. The van der Waals surface area contributed by atoms with Crippen molar-refractivity contribution in [2.45, 2.75) is 39.3 Å². The van der Waals surface area contributed by atoms with Crippen LogP contribution >= 0.6 is 11.6 Å². The van der Waals surface area contributed by atoms with Crippen molar-refractivity contribution >= 4 is 23.4 Å². The molecule has 0 aliphatic heterocycles. The van der Waals surface area contributed by atoms with E-state index < -0.39 is 6.04 Å². The Kier molecular flexibility index (Phi) is 7.67. The van der Waals surface area contributed by atoms with Crippen LogP contribution in [0.4, 0.5) is 0 Å². The lowest BCUT2D eigenvalue weighted by molar-refractivity contribution is -0.140. The summed E-state index contributed by atoms with van der Waals surface area (Å²) in [5, 5.41) is 3.48. The topological polar surface area (TPSA) is 49.4 Å². The quantitative estimate of drug-likeness (QED) is 0.765. The summed E-state index contributed by atoms with van der Waals surface area (Å²) in [5.74, 6) is -0.231. The normalized spacial score (nSPS) is 11.7. The highest BCUT2D eigenvalue weighted by atomic mass is 35.5. The third-order valence-electron chi connectivity index (χ3n) is 4.16. The second kappa shape index (κ2) is 9.97. The minimum absolute atomic E-state index is 0.0877. The molecule has 0 saturated heterocycles. The first-order valence-electron chi connectivity index (χ1n) is 8.86. The van der Waals surface area contributed by atoms with Gasteiger partial charge in [0.25, 0.3) is 0 Å². The van der Waals surface area contributed by atoms with Gasteiger partial charge in [-0.3, -0.25) is 9.59 Å². The number of hydrogen-bond donors (Lipinski definition) is 1. The van der Waals surface area contributed by atoms with E-state index in [1.54, 1.807) is 17.9 Å². The number of carbonyl (C=O) groups excluding carboxylic acids is 2. The first-order valence-corrected chi connectivity index (χ1v) is 9.24. The number of nitrogens with zero attached hydrogens (tertiary/aromatic N) is 1. The standard InChI is InChI=1S/C21H25ClN2O2/c1-3-12-23-21(26)16(2)24(15-18-10-7-11-19(22)13-18)20(25)14-17-8-5-4-6-9-17/h4-11,13,16H,3,12,14-15H2,1-2H3,(H,23,26)/t16-/m0/s1. The highest BCUT2D eigenvalue weighted by Gasteiger charge is 2.26. The zero-order valence-corrected chi connectivity index (χ0v) is 16.0. The Morgan fingerprint density at radius 2 is 1.77 bits per heavy atom. The Labute approximate surface area is 160 Å². The molecule has 2 aromatic rings. The molecule has 0 heterocycles. The molecule has 2 rings (SSSR count). The van der Waals surface area contributed by atoms with Crippen LogP contribution < -0.4 is 5.32 Å². The van der Waals surface area contributed by atoms with Gasteiger partial charge in [0.1, 0.15) is 6.04 Å². The molecule has 0 fully saturated rings. The van der Waals surface area contributed by atoms with Gasteiger partial charge in [0.05, 0.1) is 6.42 Å². The molecule has 5 heteroatoms. The van der Waals surface area contributed by atoms with Gasteiger partial charge in [0, 0.05) is 18.1 Å². The lowest BCUT2D eigenvalue weighted by Crippen LogP contribution is -2.48. The Hall–Kier alpha value is -2.33. The van der Waals surface area contributed by atoms with Crippen LogP contribution in [0.1, 0.15) is 31.4 Å². The SMILES string of the molecule is CCCNC(=O)[C@H](C)N(Cc1cccc(Cl)c1)C(=O)Cc1ccccc1. The molecule has 0 bridgehead atoms. The van der Waals surface area contributed by atoms with Crippen molar-refractivity contribution in [1.82, 2.24) is 10.2 Å². The Bertz CT molecular complexity index is 734. The number of halogens is 1. The van der Waals surface area contributed by atoms with Crippen molar-refractivity contribution in [1.29, 1.82) is 0 Å². The van der Waals surface area contributed by atoms with E-state index in [0.717, 1.165) is 17.5 Å². The lowest BCUT2D eigenvalue weighted by atomic mass is 10.1. The highest BCUT2D eigenvalue weighted by molar-refractivity contribution is 6.30. The van der Waals surface area contributed by atoms with Crippen molar-refractivity contribution < 1.29 is 9.59 Å². The molecule has 26 heavy (non-hydrogen) atoms. The van der Waals surface area contributed by atoms with Crippen LogP contribution in [0.5, 0.6) is 0 Å². The third kappa shape index (κ3) is 5.88. The van der Waals surface area contributed by atoms with Crippen LogP contribution in [-0.2, 0) is 22.6 Å². The zero-order chi connectivity index (χ0) is 18.9. The van der Waals surface area contributed by atoms with E-state index in [0.29, 0.717) is 18.1 Å². The van der Waals surface area contributed by atoms with E-state index in [-0.39, 0.29) is 18.2 Å². The fraction of sp³-hybridized carbons (Fsp3) is 0.333. The highest BCUT2D eigenvalue weighted by Crippen LogP contribution is 2.16. The van der Waals surface area contributed by atoms with Gasteiger partial charge in [-0.1, -0.05) is 61.0 Å². The molecule has 0 aliphatic carbocycles. The predicted molar refractivity (Wildman–Crippen MR) is 105 cm³/mol. The van der Waals surface area contributed by atoms with Crippen molar-refractivity contribution in [3.63, 3.8) is 0 Å². The van der Waals surface area contributed by atoms with Crippen LogP contribution in [-0.4, -0.2) is 29.3 Å². The second-order valence-electron chi connectivity index (χ2n) is 6.28. The first-order chi connectivity index (χ1) is 12.5. The summed E-state index contributed by atoms with van der Waals surface area (Å²) in [6.07, 6.45) is 1.11. The number of amides is 2. The van der Waals surface area contributed by atoms with Gasteiger partial charge in [0.2, 0.25) is 11.8 Å². The molecule has 1 N–H and O–H groups in total. The second-order valence-corrected chi connectivity index (χ2v) is 6.72. The molecule has 2 amide bonds. The van der Waals surface area contributed by atoms with Crippen LogP contribution in [0, 0.1) is 0 Å². The van der Waals surface area contributed by atoms with Crippen LogP contribution in [0.2, 0.25) is 5.02 Å². The fourth-order valence-corrected chi connectivity index (χ4v) is 2.90. The third-order valence-corrected chi connectivity index (χ3v) is 4.39. The number of carbonyl (C=O) groups is 2. The van der Waals surface area contributed by atoms with E-state index in [9.17, 15) is 9.59 Å². The average molecular weight is 373 g/mol. The fourth-order valence-electron chi connectivity index (χ4n) is 2.68. The average Bonchev–Trinajstić information content (AvgIpc) is 2.64. The first kappa shape index (κ1) is 20.0. The summed E-state index contributed by atoms with van der Waals surface area (Å²) in [5.41, 5.74) is 1.82. The summed E-state index contributed by atoms with van der Waals surface area (Å²) >= 11 is 6.07. The Morgan fingerprint density at radius 3 is 2.42 bits per heavy atom. The van der Waals surface area contributed by atoms with Crippen LogP contribution in [0.25, 0.3) is 0 Å². The number of nitrogens with one attached hydrogen (secondary N) is 1. The van der Waals surface area contributed by atoms with Crippen LogP contribution in [0.3, 0.4) is 0 Å². The Balaban J connectivity index is 2.19. The largest absolute Gasteiger partial charge is 0.354 e. The molecule has 1 atom stereocenters. The minimum Gasteiger partial charge on any atom is -0.354 e. The van der Waals surface area contributed by atoms with Gasteiger partial charge in [0.15, 0.2) is 0 Å². The summed E-state index contributed by atoms with van der Waals surface area (Å²) in [6.45, 7) is 4.70. The number of benzene rings is 2. The van der Waals surface area contributed by atoms with Crippen molar-refractivity contribution in [2.24, 2.45) is 0 Å². The Morgan fingerprint density at radius 1 is 1.08 bits per heavy atom. The van der Waals surface area contributed by atoms with Crippen molar-refractivity contribution in [3.05, 3.63) is 70.7 Å². The van der Waals surface area contributed by atoms with Crippen molar-refractivity contribution in [3.8, 4) is 0 Å². The molecule has 4 nitrogen and oxygen atoms in total. The molecule has 2 aromatic carbocycles. The lowest BCUT2D eigenvalue weighted by Gasteiger charge is -2.29. The summed E-state index contributed by atoms with van der Waals surface area (Å²) in [7, 11) is 0. The molecule has 0 saturated carbocycles. The molecule has 138 valence electrons. The molecular formula is C21H25ClN2O2. The van der Waals surface area contributed by atoms with Gasteiger partial charge >= 0.3 is 0 Å². The minimum atomic E-state index is -0.559. The molecule has 0 aliphatic rings. The van der Waals surface area contributed by atoms with Gasteiger partial charge in [-0.25, -0.2) is 0 Å². The van der Waals surface area contributed by atoms with Gasteiger partial charge in [-0.05, 0) is 36.6 Å². The maximum absolute atomic E-state index is 12.9. The van der Waals surface area contributed by atoms with E-state index >= 15 is 0 Å². The zero-order valence-electron chi connectivity index (χ0n) is 15.2. The van der Waals surface area contributed by atoms with Gasteiger partial charge < -0.3 is 10.2 Å². The van der Waals surface area contributed by atoms with E-state index in [4.69, 9.17) is 11.6 Å². The molecule has 0 spiro atoms. The molecule has 0 radical (unpaired) electrons. The van der Waals surface area contributed by atoms with E-state index in [1.165, 1.54) is 0 Å². The predicted octanol–water partition coefficient (Wildman–Crippen LogP) is 3.83. The van der Waals surface area contributed by atoms with Crippen LogP contribution in [0.15, 0.2) is 54.6 Å². The maximum Gasteiger partial charge on any atom is 0.242 e.